The van der Waals surface area contributed by atoms with Gasteiger partial charge in [-0.3, -0.25) is 0 Å². The first-order valence-electron chi connectivity index (χ1n) is 7.35. The number of ether oxygens (including phenoxy) is 4. The fourth-order valence-corrected chi connectivity index (χ4v) is 3.11. The van der Waals surface area contributed by atoms with Crippen molar-refractivity contribution in [2.75, 3.05) is 28.4 Å². The SMILES string of the molecule is COc1cc2c([nH]c3c(OC)cc(C)c(C)c32)c(OC)c1OC. The van der Waals surface area contributed by atoms with E-state index in [2.05, 4.69) is 18.8 Å². The number of methoxy groups -OCH3 is 4. The summed E-state index contributed by atoms with van der Waals surface area (Å²) in [7, 11) is 6.52. The van der Waals surface area contributed by atoms with Crippen molar-refractivity contribution in [1.29, 1.82) is 0 Å². The van der Waals surface area contributed by atoms with Crippen LogP contribution in [-0.2, 0) is 0 Å². The summed E-state index contributed by atoms with van der Waals surface area (Å²) in [6, 6.07) is 4.01. The lowest BCUT2D eigenvalue weighted by Crippen LogP contribution is -1.95. The predicted molar refractivity (Wildman–Crippen MR) is 91.5 cm³/mol. The lowest BCUT2D eigenvalue weighted by molar-refractivity contribution is 0.327. The van der Waals surface area contributed by atoms with E-state index in [1.54, 1.807) is 28.4 Å². The number of aryl methyl sites for hydroxylation is 2. The molecule has 23 heavy (non-hydrogen) atoms. The van der Waals surface area contributed by atoms with Crippen LogP contribution in [0.5, 0.6) is 23.0 Å². The Morgan fingerprint density at radius 3 is 1.96 bits per heavy atom. The van der Waals surface area contributed by atoms with Gasteiger partial charge >= 0.3 is 0 Å². The van der Waals surface area contributed by atoms with Gasteiger partial charge in [-0.15, -0.1) is 0 Å². The van der Waals surface area contributed by atoms with Gasteiger partial charge in [0, 0.05) is 10.8 Å². The minimum absolute atomic E-state index is 0.572. The van der Waals surface area contributed by atoms with Gasteiger partial charge in [0.05, 0.1) is 39.5 Å². The molecule has 5 heteroatoms. The number of aromatic nitrogens is 1. The van der Waals surface area contributed by atoms with Crippen molar-refractivity contribution in [2.45, 2.75) is 13.8 Å². The van der Waals surface area contributed by atoms with Crippen molar-refractivity contribution < 1.29 is 18.9 Å². The molecule has 0 aliphatic rings. The summed E-state index contributed by atoms with van der Waals surface area (Å²) in [6.07, 6.45) is 0. The van der Waals surface area contributed by atoms with Gasteiger partial charge in [-0.05, 0) is 37.1 Å². The third kappa shape index (κ3) is 2.07. The molecule has 1 N–H and O–H groups in total. The highest BCUT2D eigenvalue weighted by Crippen LogP contribution is 2.47. The van der Waals surface area contributed by atoms with Gasteiger partial charge in [0.25, 0.3) is 0 Å². The Morgan fingerprint density at radius 2 is 1.39 bits per heavy atom. The van der Waals surface area contributed by atoms with Gasteiger partial charge in [0.2, 0.25) is 5.75 Å². The topological polar surface area (TPSA) is 52.7 Å². The fraction of sp³-hybridized carbons (Fsp3) is 0.333. The number of nitrogens with one attached hydrogen (secondary N) is 1. The lowest BCUT2D eigenvalue weighted by Gasteiger charge is -2.13. The first-order valence-corrected chi connectivity index (χ1v) is 7.35. The molecule has 1 aromatic heterocycles. The van der Waals surface area contributed by atoms with Crippen LogP contribution < -0.4 is 18.9 Å². The van der Waals surface area contributed by atoms with E-state index in [4.69, 9.17) is 18.9 Å². The molecule has 5 nitrogen and oxygen atoms in total. The maximum absolute atomic E-state index is 5.59. The Balaban J connectivity index is 2.57. The zero-order valence-corrected chi connectivity index (χ0v) is 14.3. The second-order valence-corrected chi connectivity index (χ2v) is 5.46. The largest absolute Gasteiger partial charge is 0.495 e. The average molecular weight is 315 g/mol. The van der Waals surface area contributed by atoms with Gasteiger partial charge in [0.15, 0.2) is 11.5 Å². The van der Waals surface area contributed by atoms with E-state index in [1.807, 2.05) is 12.1 Å². The number of H-pyrrole nitrogens is 1. The van der Waals surface area contributed by atoms with Gasteiger partial charge < -0.3 is 23.9 Å². The van der Waals surface area contributed by atoms with Crippen molar-refractivity contribution in [1.82, 2.24) is 4.98 Å². The van der Waals surface area contributed by atoms with Crippen LogP contribution in [0.4, 0.5) is 0 Å². The summed E-state index contributed by atoms with van der Waals surface area (Å²) in [5, 5.41) is 2.13. The van der Waals surface area contributed by atoms with Crippen molar-refractivity contribution in [3.8, 4) is 23.0 Å². The van der Waals surface area contributed by atoms with Gasteiger partial charge in [0.1, 0.15) is 5.75 Å². The number of rotatable bonds is 4. The smallest absolute Gasteiger partial charge is 0.205 e. The zero-order valence-electron chi connectivity index (χ0n) is 14.3. The van der Waals surface area contributed by atoms with Gasteiger partial charge in [-0.25, -0.2) is 0 Å². The molecule has 0 aliphatic carbocycles. The van der Waals surface area contributed by atoms with Crippen LogP contribution in [0.2, 0.25) is 0 Å². The molecular formula is C18H21NO4. The van der Waals surface area contributed by atoms with Crippen molar-refractivity contribution in [3.63, 3.8) is 0 Å². The molecule has 0 unspecified atom stereocenters. The molecule has 0 bridgehead atoms. The van der Waals surface area contributed by atoms with Crippen LogP contribution in [0.3, 0.4) is 0 Å². The highest BCUT2D eigenvalue weighted by atomic mass is 16.5. The molecule has 0 fully saturated rings. The predicted octanol–water partition coefficient (Wildman–Crippen LogP) is 3.97. The molecule has 1 heterocycles. The fourth-order valence-electron chi connectivity index (χ4n) is 3.11. The van der Waals surface area contributed by atoms with E-state index in [-0.39, 0.29) is 0 Å². The number of benzene rings is 2. The number of aromatic amines is 1. The molecule has 0 atom stereocenters. The van der Waals surface area contributed by atoms with Gasteiger partial charge in [-0.2, -0.15) is 0 Å². The van der Waals surface area contributed by atoms with E-state index in [9.17, 15) is 0 Å². The van der Waals surface area contributed by atoms with E-state index < -0.39 is 0 Å². The first kappa shape index (κ1) is 15.3. The van der Waals surface area contributed by atoms with Crippen LogP contribution in [0.25, 0.3) is 21.8 Å². The Hall–Kier alpha value is -2.56. The van der Waals surface area contributed by atoms with Crippen LogP contribution in [0.15, 0.2) is 12.1 Å². The van der Waals surface area contributed by atoms with E-state index in [1.165, 1.54) is 11.1 Å². The van der Waals surface area contributed by atoms with Crippen LogP contribution in [0, 0.1) is 13.8 Å². The molecule has 0 radical (unpaired) electrons. The minimum Gasteiger partial charge on any atom is -0.495 e. The highest BCUT2D eigenvalue weighted by Gasteiger charge is 2.22. The standard InChI is InChI=1S/C18H21NO4/c1-9-7-12(20-3)16-14(10(9)2)11-8-13(21-4)17(22-5)18(23-6)15(11)19-16/h7-8,19H,1-6H3. The van der Waals surface area contributed by atoms with E-state index in [0.29, 0.717) is 17.2 Å². The molecule has 2 aromatic carbocycles. The second kappa shape index (κ2) is 5.57. The summed E-state index contributed by atoms with van der Waals surface area (Å²) in [6.45, 7) is 4.18. The van der Waals surface area contributed by atoms with Crippen LogP contribution >= 0.6 is 0 Å². The summed E-state index contributed by atoms with van der Waals surface area (Å²) in [4.78, 5) is 3.43. The normalized spacial score (nSPS) is 11.0. The molecule has 0 saturated heterocycles. The molecule has 0 aliphatic heterocycles. The number of fused-ring (bicyclic) bond motifs is 3. The third-order valence-corrected chi connectivity index (χ3v) is 4.38. The zero-order chi connectivity index (χ0) is 16.7. The molecule has 3 rings (SSSR count). The van der Waals surface area contributed by atoms with Gasteiger partial charge in [-0.1, -0.05) is 0 Å². The summed E-state index contributed by atoms with van der Waals surface area (Å²) in [5.41, 5.74) is 4.18. The third-order valence-electron chi connectivity index (χ3n) is 4.38. The summed E-state index contributed by atoms with van der Waals surface area (Å²) < 4.78 is 22.1. The van der Waals surface area contributed by atoms with E-state index in [0.717, 1.165) is 27.6 Å². The summed E-state index contributed by atoms with van der Waals surface area (Å²) in [5.74, 6) is 2.64. The lowest BCUT2D eigenvalue weighted by atomic mass is 10.0. The molecule has 122 valence electrons. The monoisotopic (exact) mass is 315 g/mol. The Kier molecular flexibility index (Phi) is 3.72. The summed E-state index contributed by atoms with van der Waals surface area (Å²) >= 11 is 0. The van der Waals surface area contributed by atoms with Crippen LogP contribution in [-0.4, -0.2) is 33.4 Å². The molecule has 0 spiro atoms. The second-order valence-electron chi connectivity index (χ2n) is 5.46. The van der Waals surface area contributed by atoms with Crippen molar-refractivity contribution in [3.05, 3.63) is 23.3 Å². The van der Waals surface area contributed by atoms with Crippen molar-refractivity contribution >= 4 is 21.8 Å². The maximum Gasteiger partial charge on any atom is 0.205 e. The van der Waals surface area contributed by atoms with E-state index >= 15 is 0 Å². The number of hydrogen-bond acceptors (Lipinski definition) is 4. The maximum atomic E-state index is 5.59. The Bertz CT molecular complexity index is 896. The Labute approximate surface area is 135 Å². The number of hydrogen-bond donors (Lipinski definition) is 1. The molecule has 3 aromatic rings. The molecule has 0 saturated carbocycles. The molecular weight excluding hydrogens is 294 g/mol. The molecule has 0 amide bonds. The average Bonchev–Trinajstić information content (AvgIpc) is 2.95. The van der Waals surface area contributed by atoms with Crippen LogP contribution in [0.1, 0.15) is 11.1 Å². The van der Waals surface area contributed by atoms with Crippen molar-refractivity contribution in [2.24, 2.45) is 0 Å². The highest BCUT2D eigenvalue weighted by molar-refractivity contribution is 6.14. The first-order chi connectivity index (χ1) is 11.1. The quantitative estimate of drug-likeness (QED) is 0.791. The minimum atomic E-state index is 0.572. The Morgan fingerprint density at radius 1 is 0.739 bits per heavy atom.